The molecule has 0 fully saturated rings. The summed E-state index contributed by atoms with van der Waals surface area (Å²) in [4.78, 5) is 28.0. The highest BCUT2D eigenvalue weighted by atomic mass is 35.5. The molecule has 7 nitrogen and oxygen atoms in total. The molecule has 0 aliphatic carbocycles. The summed E-state index contributed by atoms with van der Waals surface area (Å²) < 4.78 is 26.6. The van der Waals surface area contributed by atoms with Crippen LogP contribution in [0, 0.1) is 13.8 Å². The van der Waals surface area contributed by atoms with Crippen LogP contribution in [0.2, 0.25) is 10.0 Å². The van der Waals surface area contributed by atoms with Crippen molar-refractivity contribution in [2.75, 3.05) is 17.1 Å². The second-order valence-corrected chi connectivity index (χ2v) is 12.3. The molecular formula is C27H37Cl2N3O4S. The molecule has 37 heavy (non-hydrogen) atoms. The zero-order valence-corrected chi connectivity index (χ0v) is 24.7. The lowest BCUT2D eigenvalue weighted by molar-refractivity contribution is -0.141. The van der Waals surface area contributed by atoms with Crippen LogP contribution in [0.1, 0.15) is 56.7 Å². The van der Waals surface area contributed by atoms with E-state index in [9.17, 15) is 18.0 Å². The molecule has 10 heteroatoms. The Morgan fingerprint density at radius 3 is 2.22 bits per heavy atom. The summed E-state index contributed by atoms with van der Waals surface area (Å²) in [6.45, 7) is 9.50. The number of rotatable bonds is 12. The van der Waals surface area contributed by atoms with Crippen LogP contribution < -0.4 is 9.62 Å². The van der Waals surface area contributed by atoms with Crippen LogP contribution in [0.3, 0.4) is 0 Å². The lowest BCUT2D eigenvalue weighted by Crippen LogP contribution is -2.50. The van der Waals surface area contributed by atoms with Crippen molar-refractivity contribution in [2.24, 2.45) is 0 Å². The van der Waals surface area contributed by atoms with Crippen LogP contribution in [-0.2, 0) is 26.2 Å². The second kappa shape index (κ2) is 13.5. The molecule has 1 N–H and O–H groups in total. The molecule has 2 aromatic rings. The fraction of sp³-hybridized carbons (Fsp3) is 0.481. The number of benzene rings is 2. The second-order valence-electron chi connectivity index (χ2n) is 9.54. The van der Waals surface area contributed by atoms with Crippen molar-refractivity contribution in [1.82, 2.24) is 10.2 Å². The molecule has 204 valence electrons. The minimum absolute atomic E-state index is 0.0460. The molecule has 1 unspecified atom stereocenters. The van der Waals surface area contributed by atoms with Crippen molar-refractivity contribution in [3.63, 3.8) is 0 Å². The molecule has 0 aliphatic rings. The summed E-state index contributed by atoms with van der Waals surface area (Å²) in [5.74, 6) is -0.543. The molecular weight excluding hydrogens is 533 g/mol. The van der Waals surface area contributed by atoms with Crippen LogP contribution in [0.15, 0.2) is 36.4 Å². The zero-order chi connectivity index (χ0) is 27.9. The van der Waals surface area contributed by atoms with Gasteiger partial charge in [0.1, 0.15) is 6.04 Å². The Morgan fingerprint density at radius 1 is 1.05 bits per heavy atom. The lowest BCUT2D eigenvalue weighted by Gasteiger charge is -2.32. The van der Waals surface area contributed by atoms with E-state index in [0.29, 0.717) is 27.7 Å². The highest BCUT2D eigenvalue weighted by molar-refractivity contribution is 7.92. The molecule has 0 saturated heterocycles. The van der Waals surface area contributed by atoms with Crippen LogP contribution >= 0.6 is 23.2 Å². The predicted octanol–water partition coefficient (Wildman–Crippen LogP) is 5.49. The zero-order valence-electron chi connectivity index (χ0n) is 22.3. The van der Waals surface area contributed by atoms with Crippen molar-refractivity contribution in [3.8, 4) is 0 Å². The molecule has 0 aliphatic heterocycles. The van der Waals surface area contributed by atoms with E-state index in [1.165, 1.54) is 9.21 Å². The van der Waals surface area contributed by atoms with Crippen LogP contribution in [0.25, 0.3) is 0 Å². The SMILES string of the molecule is CCC(C(=O)NC(C)C)N(Cc1c(Cl)cccc1Cl)C(=O)CCCN(c1cc(C)ccc1C)S(C)(=O)=O. The molecule has 0 heterocycles. The van der Waals surface area contributed by atoms with Gasteiger partial charge in [0.25, 0.3) is 0 Å². The lowest BCUT2D eigenvalue weighted by atomic mass is 10.1. The summed E-state index contributed by atoms with van der Waals surface area (Å²) in [5.41, 5.74) is 2.92. The van der Waals surface area contributed by atoms with E-state index in [1.54, 1.807) is 18.2 Å². The van der Waals surface area contributed by atoms with Gasteiger partial charge >= 0.3 is 0 Å². The number of sulfonamides is 1. The molecule has 0 saturated carbocycles. The molecule has 1 atom stereocenters. The average molecular weight is 571 g/mol. The van der Waals surface area contributed by atoms with Gasteiger partial charge in [-0.2, -0.15) is 0 Å². The first-order valence-corrected chi connectivity index (χ1v) is 14.9. The first-order valence-electron chi connectivity index (χ1n) is 12.3. The van der Waals surface area contributed by atoms with E-state index in [2.05, 4.69) is 5.32 Å². The maximum Gasteiger partial charge on any atom is 0.243 e. The third kappa shape index (κ3) is 8.62. The van der Waals surface area contributed by atoms with Gasteiger partial charge in [0.05, 0.1) is 11.9 Å². The Morgan fingerprint density at radius 2 is 1.68 bits per heavy atom. The maximum atomic E-state index is 13.5. The van der Waals surface area contributed by atoms with Gasteiger partial charge < -0.3 is 10.2 Å². The number of nitrogens with one attached hydrogen (secondary N) is 1. The van der Waals surface area contributed by atoms with Crippen molar-refractivity contribution >= 4 is 50.7 Å². The van der Waals surface area contributed by atoms with E-state index in [-0.39, 0.29) is 43.8 Å². The minimum Gasteiger partial charge on any atom is -0.352 e. The van der Waals surface area contributed by atoms with Gasteiger partial charge in [0, 0.05) is 41.2 Å². The standard InChI is InChI=1S/C27H37Cl2N3O4S/c1-7-24(27(34)30-18(2)3)31(17-21-22(28)10-8-11-23(21)29)26(33)12-9-15-32(37(6,35)36)25-16-19(4)13-14-20(25)5/h8,10-11,13-14,16,18,24H,7,9,12,15,17H2,1-6H3,(H,30,34). The van der Waals surface area contributed by atoms with Gasteiger partial charge in [-0.1, -0.05) is 48.3 Å². The third-order valence-electron chi connectivity index (χ3n) is 5.99. The smallest absolute Gasteiger partial charge is 0.243 e. The van der Waals surface area contributed by atoms with Gasteiger partial charge in [-0.3, -0.25) is 13.9 Å². The molecule has 0 aromatic heterocycles. The Labute approximate surface area is 231 Å². The van der Waals surface area contributed by atoms with Gasteiger partial charge in [-0.05, 0) is 69.9 Å². The van der Waals surface area contributed by atoms with Gasteiger partial charge in [0.15, 0.2) is 0 Å². The van der Waals surface area contributed by atoms with E-state index in [4.69, 9.17) is 23.2 Å². The fourth-order valence-corrected chi connectivity index (χ4v) is 5.66. The van der Waals surface area contributed by atoms with Crippen molar-refractivity contribution < 1.29 is 18.0 Å². The quantitative estimate of drug-likeness (QED) is 0.366. The number of amides is 2. The summed E-state index contributed by atoms with van der Waals surface area (Å²) in [7, 11) is -3.57. The third-order valence-corrected chi connectivity index (χ3v) is 7.88. The van der Waals surface area contributed by atoms with Gasteiger partial charge in [-0.15, -0.1) is 0 Å². The van der Waals surface area contributed by atoms with Crippen molar-refractivity contribution in [2.45, 2.75) is 72.5 Å². The van der Waals surface area contributed by atoms with Crippen molar-refractivity contribution in [1.29, 1.82) is 0 Å². The summed E-state index contributed by atoms with van der Waals surface area (Å²) in [6, 6.07) is 9.90. The predicted molar refractivity (Wildman–Crippen MR) is 152 cm³/mol. The van der Waals surface area contributed by atoms with Crippen LogP contribution in [-0.4, -0.2) is 50.0 Å². The largest absolute Gasteiger partial charge is 0.352 e. The summed E-state index contributed by atoms with van der Waals surface area (Å²) in [6.07, 6.45) is 1.87. The molecule has 2 rings (SSSR count). The Balaban J connectivity index is 2.31. The van der Waals surface area contributed by atoms with Gasteiger partial charge in [0.2, 0.25) is 21.8 Å². The Bertz CT molecular complexity index is 1200. The fourth-order valence-electron chi connectivity index (χ4n) is 4.12. The average Bonchev–Trinajstić information content (AvgIpc) is 2.79. The highest BCUT2D eigenvalue weighted by Gasteiger charge is 2.30. The van der Waals surface area contributed by atoms with Crippen LogP contribution in [0.5, 0.6) is 0 Å². The molecule has 0 bridgehead atoms. The number of carbonyl (C=O) groups excluding carboxylic acids is 2. The molecule has 2 amide bonds. The highest BCUT2D eigenvalue weighted by Crippen LogP contribution is 2.28. The number of carbonyl (C=O) groups is 2. The molecule has 0 spiro atoms. The monoisotopic (exact) mass is 569 g/mol. The Kier molecular flexibility index (Phi) is 11.3. The first kappa shape index (κ1) is 30.9. The minimum atomic E-state index is -3.57. The number of hydrogen-bond acceptors (Lipinski definition) is 4. The molecule has 0 radical (unpaired) electrons. The van der Waals surface area contributed by atoms with E-state index in [1.807, 2.05) is 52.8 Å². The van der Waals surface area contributed by atoms with E-state index >= 15 is 0 Å². The van der Waals surface area contributed by atoms with Crippen molar-refractivity contribution in [3.05, 3.63) is 63.1 Å². The Hall–Kier alpha value is -2.29. The molecule has 2 aromatic carbocycles. The normalized spacial score (nSPS) is 12.4. The summed E-state index contributed by atoms with van der Waals surface area (Å²) >= 11 is 12.8. The van der Waals surface area contributed by atoms with E-state index < -0.39 is 16.1 Å². The number of halogens is 2. The number of hydrogen-bond donors (Lipinski definition) is 1. The van der Waals surface area contributed by atoms with E-state index in [0.717, 1.165) is 17.4 Å². The number of aryl methyl sites for hydroxylation is 2. The number of anilines is 1. The first-order chi connectivity index (χ1) is 17.3. The maximum absolute atomic E-state index is 13.5. The number of nitrogens with zero attached hydrogens (tertiary/aromatic N) is 2. The van der Waals surface area contributed by atoms with Crippen LogP contribution in [0.4, 0.5) is 5.69 Å². The van der Waals surface area contributed by atoms with Gasteiger partial charge in [-0.25, -0.2) is 8.42 Å². The summed E-state index contributed by atoms with van der Waals surface area (Å²) in [5, 5.41) is 3.70. The topological polar surface area (TPSA) is 86.8 Å².